The van der Waals surface area contributed by atoms with Gasteiger partial charge >= 0.3 is 0 Å². The fraction of sp³-hybridized carbons (Fsp3) is 0.462. The Morgan fingerprint density at radius 1 is 1.35 bits per heavy atom. The number of likely N-dealkylation sites (N-methyl/N-ethyl adjacent to an activating group) is 1. The van der Waals surface area contributed by atoms with Gasteiger partial charge in [-0.25, -0.2) is 0 Å². The van der Waals surface area contributed by atoms with Crippen molar-refractivity contribution < 1.29 is 4.79 Å². The Balaban J connectivity index is 2.78. The molecule has 17 heavy (non-hydrogen) atoms. The van der Waals surface area contributed by atoms with Crippen LogP contribution in [0.5, 0.6) is 0 Å². The molecule has 1 amide bonds. The first kappa shape index (κ1) is 14.0. The number of halogens is 1. The third-order valence-corrected chi connectivity index (χ3v) is 3.81. The second-order valence-electron chi connectivity index (χ2n) is 4.18. The molecule has 1 atom stereocenters. The highest BCUT2D eigenvalue weighted by atomic mass is 79.9. The van der Waals surface area contributed by atoms with E-state index in [1.165, 1.54) is 0 Å². The number of rotatable bonds is 4. The van der Waals surface area contributed by atoms with Crippen molar-refractivity contribution in [3.63, 3.8) is 0 Å². The van der Waals surface area contributed by atoms with Gasteiger partial charge in [0, 0.05) is 16.7 Å². The molecule has 0 saturated heterocycles. The predicted octanol–water partition coefficient (Wildman–Crippen LogP) is 3.00. The molecular formula is C13H19BrN2O. The minimum absolute atomic E-state index is 0.0192. The maximum atomic E-state index is 11.6. The molecule has 3 nitrogen and oxygen atoms in total. The summed E-state index contributed by atoms with van der Waals surface area (Å²) in [6, 6.07) is 3.84. The fourth-order valence-electron chi connectivity index (χ4n) is 1.67. The molecule has 1 aromatic rings. The molecule has 0 radical (unpaired) electrons. The van der Waals surface area contributed by atoms with Crippen molar-refractivity contribution in [3.05, 3.63) is 27.7 Å². The van der Waals surface area contributed by atoms with Crippen molar-refractivity contribution in [2.45, 2.75) is 33.7 Å². The lowest BCUT2D eigenvalue weighted by Gasteiger charge is -2.16. The molecule has 0 heterocycles. The molecule has 0 aliphatic heterocycles. The van der Waals surface area contributed by atoms with Gasteiger partial charge in [0.15, 0.2) is 0 Å². The van der Waals surface area contributed by atoms with Gasteiger partial charge in [-0.1, -0.05) is 15.9 Å². The third kappa shape index (κ3) is 3.73. The first-order valence-electron chi connectivity index (χ1n) is 5.76. The number of carbonyl (C=O) groups excluding carboxylic acids is 1. The Morgan fingerprint density at radius 3 is 2.35 bits per heavy atom. The topological polar surface area (TPSA) is 41.1 Å². The van der Waals surface area contributed by atoms with Crippen LogP contribution in [0.4, 0.5) is 5.69 Å². The average molecular weight is 299 g/mol. The standard InChI is InChI=1S/C13H19BrN2O/c1-5-15-13(17)10(4)16-11-6-8(2)12(14)9(3)7-11/h6-7,10,16H,5H2,1-4H3,(H,15,17). The maximum absolute atomic E-state index is 11.6. The number of amides is 1. The van der Waals surface area contributed by atoms with Gasteiger partial charge < -0.3 is 10.6 Å². The minimum Gasteiger partial charge on any atom is -0.374 e. The van der Waals surface area contributed by atoms with Crippen LogP contribution in [-0.2, 0) is 4.79 Å². The molecule has 94 valence electrons. The predicted molar refractivity (Wildman–Crippen MR) is 75.4 cm³/mol. The maximum Gasteiger partial charge on any atom is 0.242 e. The summed E-state index contributed by atoms with van der Waals surface area (Å²) in [5, 5.41) is 6.00. The molecule has 2 N–H and O–H groups in total. The summed E-state index contributed by atoms with van der Waals surface area (Å²) in [5.74, 6) is 0.0192. The van der Waals surface area contributed by atoms with Crippen LogP contribution in [0.25, 0.3) is 0 Å². The lowest BCUT2D eigenvalue weighted by atomic mass is 10.1. The largest absolute Gasteiger partial charge is 0.374 e. The number of benzene rings is 1. The molecule has 0 spiro atoms. The van der Waals surface area contributed by atoms with E-state index in [0.29, 0.717) is 6.54 Å². The van der Waals surface area contributed by atoms with Crippen molar-refractivity contribution in [3.8, 4) is 0 Å². The average Bonchev–Trinajstić information content (AvgIpc) is 2.26. The Morgan fingerprint density at radius 2 is 1.88 bits per heavy atom. The fourth-order valence-corrected chi connectivity index (χ4v) is 1.90. The normalized spacial score (nSPS) is 12.1. The lowest BCUT2D eigenvalue weighted by Crippen LogP contribution is -2.37. The molecule has 0 aliphatic rings. The van der Waals surface area contributed by atoms with E-state index in [2.05, 4.69) is 26.6 Å². The molecule has 0 aliphatic carbocycles. The quantitative estimate of drug-likeness (QED) is 0.897. The van der Waals surface area contributed by atoms with Crippen LogP contribution in [0.15, 0.2) is 16.6 Å². The highest BCUT2D eigenvalue weighted by Crippen LogP contribution is 2.25. The van der Waals surface area contributed by atoms with Crippen molar-refractivity contribution in [2.75, 3.05) is 11.9 Å². The molecule has 0 saturated carbocycles. The van der Waals surface area contributed by atoms with Crippen LogP contribution in [-0.4, -0.2) is 18.5 Å². The van der Waals surface area contributed by atoms with Crippen LogP contribution in [0.1, 0.15) is 25.0 Å². The van der Waals surface area contributed by atoms with Gasteiger partial charge in [0.25, 0.3) is 0 Å². The van der Waals surface area contributed by atoms with E-state index in [4.69, 9.17) is 0 Å². The van der Waals surface area contributed by atoms with Crippen molar-refractivity contribution in [1.82, 2.24) is 5.32 Å². The van der Waals surface area contributed by atoms with Gasteiger partial charge in [-0.15, -0.1) is 0 Å². The number of carbonyl (C=O) groups is 1. The molecule has 1 aromatic carbocycles. The van der Waals surface area contributed by atoms with Crippen molar-refractivity contribution in [2.24, 2.45) is 0 Å². The summed E-state index contributed by atoms with van der Waals surface area (Å²) < 4.78 is 1.12. The van der Waals surface area contributed by atoms with E-state index in [1.54, 1.807) is 0 Å². The second kappa shape index (κ2) is 6.05. The second-order valence-corrected chi connectivity index (χ2v) is 4.98. The van der Waals surface area contributed by atoms with E-state index in [1.807, 2.05) is 39.8 Å². The number of anilines is 1. The summed E-state index contributed by atoms with van der Waals surface area (Å²) in [6.45, 7) is 8.51. The van der Waals surface area contributed by atoms with Crippen LogP contribution in [0, 0.1) is 13.8 Å². The van der Waals surface area contributed by atoms with Crippen LogP contribution in [0.3, 0.4) is 0 Å². The Labute approximate surface area is 111 Å². The number of nitrogens with one attached hydrogen (secondary N) is 2. The van der Waals surface area contributed by atoms with E-state index >= 15 is 0 Å². The third-order valence-electron chi connectivity index (χ3n) is 2.56. The van der Waals surface area contributed by atoms with Crippen LogP contribution < -0.4 is 10.6 Å². The van der Waals surface area contributed by atoms with Crippen molar-refractivity contribution in [1.29, 1.82) is 0 Å². The molecule has 0 fully saturated rings. The van der Waals surface area contributed by atoms with Gasteiger partial charge in [-0.05, 0) is 51.0 Å². The molecule has 1 unspecified atom stereocenters. The summed E-state index contributed by atoms with van der Waals surface area (Å²) in [5.41, 5.74) is 3.30. The SMILES string of the molecule is CCNC(=O)C(C)Nc1cc(C)c(Br)c(C)c1. The van der Waals surface area contributed by atoms with Crippen LogP contribution in [0.2, 0.25) is 0 Å². The summed E-state index contributed by atoms with van der Waals surface area (Å²) in [7, 11) is 0. The Kier molecular flexibility index (Phi) is 5.00. The molecule has 1 rings (SSSR count). The van der Waals surface area contributed by atoms with Crippen molar-refractivity contribution >= 4 is 27.5 Å². The zero-order valence-electron chi connectivity index (χ0n) is 10.7. The Bertz CT molecular complexity index is 395. The van der Waals surface area contributed by atoms with E-state index in [0.717, 1.165) is 21.3 Å². The van der Waals surface area contributed by atoms with Gasteiger partial charge in [0.2, 0.25) is 5.91 Å². The highest BCUT2D eigenvalue weighted by molar-refractivity contribution is 9.10. The lowest BCUT2D eigenvalue weighted by molar-refractivity contribution is -0.121. The summed E-state index contributed by atoms with van der Waals surface area (Å²) in [4.78, 5) is 11.6. The number of hydrogen-bond acceptors (Lipinski definition) is 2. The van der Waals surface area contributed by atoms with Gasteiger partial charge in [-0.2, -0.15) is 0 Å². The zero-order chi connectivity index (χ0) is 13.0. The minimum atomic E-state index is -0.227. The summed E-state index contributed by atoms with van der Waals surface area (Å²) in [6.07, 6.45) is 0. The van der Waals surface area contributed by atoms with Gasteiger partial charge in [-0.3, -0.25) is 4.79 Å². The summed E-state index contributed by atoms with van der Waals surface area (Å²) >= 11 is 3.53. The number of hydrogen-bond donors (Lipinski definition) is 2. The molecule has 0 bridgehead atoms. The highest BCUT2D eigenvalue weighted by Gasteiger charge is 2.12. The van der Waals surface area contributed by atoms with Gasteiger partial charge in [0.1, 0.15) is 6.04 Å². The monoisotopic (exact) mass is 298 g/mol. The zero-order valence-corrected chi connectivity index (χ0v) is 12.3. The number of aryl methyl sites for hydroxylation is 2. The molecule has 0 aromatic heterocycles. The molecule has 4 heteroatoms. The molecular weight excluding hydrogens is 280 g/mol. The van der Waals surface area contributed by atoms with E-state index < -0.39 is 0 Å². The first-order valence-corrected chi connectivity index (χ1v) is 6.56. The Hall–Kier alpha value is -1.03. The van der Waals surface area contributed by atoms with Gasteiger partial charge in [0.05, 0.1) is 0 Å². The van der Waals surface area contributed by atoms with E-state index in [-0.39, 0.29) is 11.9 Å². The van der Waals surface area contributed by atoms with E-state index in [9.17, 15) is 4.79 Å². The smallest absolute Gasteiger partial charge is 0.242 e. The first-order chi connectivity index (χ1) is 7.95. The van der Waals surface area contributed by atoms with Crippen LogP contribution >= 0.6 is 15.9 Å².